The van der Waals surface area contributed by atoms with Crippen LogP contribution in [0.1, 0.15) is 0 Å². The predicted octanol–water partition coefficient (Wildman–Crippen LogP) is 4.97. The molecule has 27 heavy (non-hydrogen) atoms. The first kappa shape index (κ1) is 17.5. The quantitative estimate of drug-likeness (QED) is 0.520. The maximum atomic E-state index is 12.2. The number of hydrogen-bond donors (Lipinski definition) is 1. The summed E-state index contributed by atoms with van der Waals surface area (Å²) in [5, 5.41) is 6.23. The zero-order chi connectivity index (χ0) is 18.6. The van der Waals surface area contributed by atoms with E-state index in [1.165, 1.54) is 11.3 Å². The van der Waals surface area contributed by atoms with Gasteiger partial charge in [-0.25, -0.2) is 9.97 Å². The molecular weight excluding hydrogens is 380 g/mol. The molecule has 0 saturated heterocycles. The van der Waals surface area contributed by atoms with Gasteiger partial charge in [0.05, 0.1) is 12.0 Å². The Morgan fingerprint density at radius 1 is 1.11 bits per heavy atom. The molecule has 0 bridgehead atoms. The fourth-order valence-electron chi connectivity index (χ4n) is 2.62. The summed E-state index contributed by atoms with van der Waals surface area (Å²) in [4.78, 5) is 21.2. The van der Waals surface area contributed by atoms with E-state index in [0.717, 1.165) is 22.0 Å². The van der Waals surface area contributed by atoms with Crippen LogP contribution in [0.5, 0.6) is 0 Å². The molecule has 0 spiro atoms. The van der Waals surface area contributed by atoms with Gasteiger partial charge in [-0.2, -0.15) is 0 Å². The van der Waals surface area contributed by atoms with E-state index in [9.17, 15) is 4.79 Å². The van der Waals surface area contributed by atoms with Crippen molar-refractivity contribution in [1.82, 2.24) is 14.5 Å². The van der Waals surface area contributed by atoms with E-state index < -0.39 is 0 Å². The number of nitrogens with zero attached hydrogens (tertiary/aromatic N) is 3. The van der Waals surface area contributed by atoms with Crippen molar-refractivity contribution in [3.63, 3.8) is 0 Å². The molecule has 0 atom stereocenters. The molecule has 4 aromatic rings. The first-order valence-corrected chi connectivity index (χ1v) is 9.52. The molecule has 0 unspecified atom stereocenters. The number of nitrogens with one attached hydrogen (secondary N) is 1. The average molecular weight is 395 g/mol. The van der Waals surface area contributed by atoms with Crippen LogP contribution in [-0.2, 0) is 11.3 Å². The highest BCUT2D eigenvalue weighted by Gasteiger charge is 2.11. The third kappa shape index (κ3) is 4.24. The second-order valence-corrected chi connectivity index (χ2v) is 7.19. The lowest BCUT2D eigenvalue weighted by atomic mass is 10.2. The van der Waals surface area contributed by atoms with Crippen LogP contribution in [0.4, 0.5) is 5.69 Å². The number of amides is 1. The second-order valence-electron chi connectivity index (χ2n) is 5.89. The van der Waals surface area contributed by atoms with Crippen molar-refractivity contribution in [2.75, 3.05) is 5.32 Å². The molecule has 0 aliphatic carbocycles. The van der Waals surface area contributed by atoms with Gasteiger partial charge in [-0.15, -0.1) is 11.3 Å². The molecule has 0 saturated carbocycles. The van der Waals surface area contributed by atoms with Crippen LogP contribution in [0.2, 0.25) is 5.02 Å². The molecule has 0 radical (unpaired) electrons. The molecule has 2 aromatic carbocycles. The van der Waals surface area contributed by atoms with Crippen molar-refractivity contribution in [2.45, 2.75) is 6.54 Å². The van der Waals surface area contributed by atoms with Crippen LogP contribution in [0.25, 0.3) is 22.0 Å². The summed E-state index contributed by atoms with van der Waals surface area (Å²) in [6, 6.07) is 17.1. The number of aromatic nitrogens is 3. The Balaban J connectivity index is 1.44. The summed E-state index contributed by atoms with van der Waals surface area (Å²) in [6.07, 6.45) is 3.46. The minimum absolute atomic E-state index is 0.148. The minimum atomic E-state index is -0.148. The van der Waals surface area contributed by atoms with E-state index in [-0.39, 0.29) is 12.5 Å². The van der Waals surface area contributed by atoms with Crippen molar-refractivity contribution in [3.8, 4) is 22.0 Å². The van der Waals surface area contributed by atoms with Gasteiger partial charge in [0.1, 0.15) is 17.2 Å². The highest BCUT2D eigenvalue weighted by atomic mass is 35.5. The van der Waals surface area contributed by atoms with Gasteiger partial charge >= 0.3 is 0 Å². The topological polar surface area (TPSA) is 59.8 Å². The third-order valence-corrected chi connectivity index (χ3v) is 4.96. The lowest BCUT2D eigenvalue weighted by Crippen LogP contribution is -2.17. The maximum absolute atomic E-state index is 12.2. The summed E-state index contributed by atoms with van der Waals surface area (Å²) in [5.74, 6) is -0.148. The molecule has 7 heteroatoms. The highest BCUT2D eigenvalue weighted by molar-refractivity contribution is 7.13. The van der Waals surface area contributed by atoms with E-state index in [2.05, 4.69) is 15.3 Å². The molecule has 2 heterocycles. The Hall–Kier alpha value is -2.96. The van der Waals surface area contributed by atoms with Gasteiger partial charge in [0.25, 0.3) is 0 Å². The summed E-state index contributed by atoms with van der Waals surface area (Å²) in [5.41, 5.74) is 3.40. The minimum Gasteiger partial charge on any atom is -0.327 e. The normalized spacial score (nSPS) is 10.7. The number of carbonyl (C=O) groups excluding carboxylic acids is 1. The van der Waals surface area contributed by atoms with Crippen molar-refractivity contribution < 1.29 is 4.79 Å². The van der Waals surface area contributed by atoms with Crippen LogP contribution < -0.4 is 5.32 Å². The number of hydrogen-bond acceptors (Lipinski definition) is 4. The number of benzene rings is 2. The summed E-state index contributed by atoms with van der Waals surface area (Å²) in [6.45, 7) is 0.163. The van der Waals surface area contributed by atoms with Crippen LogP contribution in [0, 0.1) is 0 Å². The molecular formula is C20H15ClN4OS. The van der Waals surface area contributed by atoms with Crippen molar-refractivity contribution >= 4 is 34.5 Å². The zero-order valence-electron chi connectivity index (χ0n) is 14.2. The molecule has 1 N–H and O–H groups in total. The van der Waals surface area contributed by atoms with Gasteiger partial charge in [0, 0.05) is 27.9 Å². The lowest BCUT2D eigenvalue weighted by Gasteiger charge is -2.05. The van der Waals surface area contributed by atoms with Crippen molar-refractivity contribution in [1.29, 1.82) is 0 Å². The Morgan fingerprint density at radius 2 is 1.96 bits per heavy atom. The number of carbonyl (C=O) groups is 1. The lowest BCUT2D eigenvalue weighted by molar-refractivity contribution is -0.116. The Morgan fingerprint density at radius 3 is 2.78 bits per heavy atom. The molecule has 4 rings (SSSR count). The van der Waals surface area contributed by atoms with Gasteiger partial charge in [-0.05, 0) is 18.2 Å². The number of rotatable bonds is 5. The summed E-state index contributed by atoms with van der Waals surface area (Å²) in [7, 11) is 0. The SMILES string of the molecule is O=C(Cn1cnc(-c2nc(-c3ccccc3)cs2)c1)Nc1cccc(Cl)c1. The highest BCUT2D eigenvalue weighted by Crippen LogP contribution is 2.27. The average Bonchev–Trinajstić information content (AvgIpc) is 3.32. The van der Waals surface area contributed by atoms with Gasteiger partial charge < -0.3 is 9.88 Å². The molecule has 0 aliphatic rings. The van der Waals surface area contributed by atoms with Gasteiger partial charge in [0.15, 0.2) is 0 Å². The number of anilines is 1. The molecule has 134 valence electrons. The van der Waals surface area contributed by atoms with E-state index >= 15 is 0 Å². The molecule has 0 aliphatic heterocycles. The van der Waals surface area contributed by atoms with Gasteiger partial charge in [-0.3, -0.25) is 4.79 Å². The Kier molecular flexibility index (Phi) is 5.00. The largest absolute Gasteiger partial charge is 0.327 e. The summed E-state index contributed by atoms with van der Waals surface area (Å²) >= 11 is 7.47. The molecule has 2 aromatic heterocycles. The fourth-order valence-corrected chi connectivity index (χ4v) is 3.60. The first-order valence-electron chi connectivity index (χ1n) is 8.26. The monoisotopic (exact) mass is 394 g/mol. The van der Waals surface area contributed by atoms with Crippen LogP contribution >= 0.6 is 22.9 Å². The molecule has 5 nitrogen and oxygen atoms in total. The number of halogens is 1. The Labute approximate surface area is 165 Å². The first-order chi connectivity index (χ1) is 13.2. The van der Waals surface area contributed by atoms with Crippen molar-refractivity contribution in [3.05, 3.63) is 77.5 Å². The smallest absolute Gasteiger partial charge is 0.244 e. The van der Waals surface area contributed by atoms with Crippen LogP contribution in [-0.4, -0.2) is 20.4 Å². The standard InChI is InChI=1S/C20H15ClN4OS/c21-15-7-4-8-16(9-15)23-19(26)11-25-10-17(22-13-25)20-24-18(12-27-20)14-5-2-1-3-6-14/h1-10,12-13H,11H2,(H,23,26). The molecule has 1 amide bonds. The number of imidazole rings is 1. The maximum Gasteiger partial charge on any atom is 0.244 e. The Bertz CT molecular complexity index is 1070. The zero-order valence-corrected chi connectivity index (χ0v) is 15.7. The molecule has 0 fully saturated rings. The van der Waals surface area contributed by atoms with Crippen LogP contribution in [0.3, 0.4) is 0 Å². The van der Waals surface area contributed by atoms with E-state index in [1.54, 1.807) is 35.2 Å². The fraction of sp³-hybridized carbons (Fsp3) is 0.0500. The summed E-state index contributed by atoms with van der Waals surface area (Å²) < 4.78 is 1.73. The van der Waals surface area contributed by atoms with Gasteiger partial charge in [-0.1, -0.05) is 48.0 Å². The van der Waals surface area contributed by atoms with E-state index in [0.29, 0.717) is 10.7 Å². The van der Waals surface area contributed by atoms with E-state index in [4.69, 9.17) is 11.6 Å². The van der Waals surface area contributed by atoms with E-state index in [1.807, 2.05) is 41.9 Å². The van der Waals surface area contributed by atoms with Crippen LogP contribution in [0.15, 0.2) is 72.5 Å². The third-order valence-electron chi connectivity index (χ3n) is 3.86. The predicted molar refractivity (Wildman–Crippen MR) is 109 cm³/mol. The van der Waals surface area contributed by atoms with Gasteiger partial charge in [0.2, 0.25) is 5.91 Å². The second kappa shape index (κ2) is 7.73. The van der Waals surface area contributed by atoms with Crippen molar-refractivity contribution in [2.24, 2.45) is 0 Å². The number of thiazole rings is 1.